The van der Waals surface area contributed by atoms with Crippen LogP contribution in [0.5, 0.6) is 0 Å². The highest BCUT2D eigenvalue weighted by molar-refractivity contribution is 7.22. The van der Waals surface area contributed by atoms with Gasteiger partial charge in [-0.25, -0.2) is 0 Å². The van der Waals surface area contributed by atoms with Gasteiger partial charge < -0.3 is 0 Å². The summed E-state index contributed by atoms with van der Waals surface area (Å²) in [6.07, 6.45) is 0. The van der Waals surface area contributed by atoms with Crippen LogP contribution in [0.2, 0.25) is 0 Å². The maximum Gasteiger partial charge on any atom is -0.0109 e. The van der Waals surface area contributed by atoms with Crippen molar-refractivity contribution < 1.29 is 0 Å². The predicted octanol–water partition coefficient (Wildman–Crippen LogP) is 5.05. The second-order valence-corrected chi connectivity index (χ2v) is 4.64. The molecule has 88 valence electrons. The van der Waals surface area contributed by atoms with Gasteiger partial charge in [-0.15, -0.1) is 8.86 Å². The molecule has 0 unspecified atom stereocenters. The SMILES string of the molecule is C=C(C)c1cc(C)c(C)cc1C(C)=P.CC. The molecule has 0 heterocycles. The zero-order chi connectivity index (χ0) is 12.9. The van der Waals surface area contributed by atoms with Crippen molar-refractivity contribution in [2.45, 2.75) is 41.5 Å². The topological polar surface area (TPSA) is 0 Å². The van der Waals surface area contributed by atoms with Gasteiger partial charge in [-0.05, 0) is 55.2 Å². The van der Waals surface area contributed by atoms with Crippen LogP contribution in [0, 0.1) is 13.8 Å². The van der Waals surface area contributed by atoms with Crippen LogP contribution in [-0.2, 0) is 0 Å². The van der Waals surface area contributed by atoms with Crippen LogP contribution in [0.3, 0.4) is 0 Å². The molecule has 1 heteroatoms. The van der Waals surface area contributed by atoms with Crippen molar-refractivity contribution in [3.8, 4) is 0 Å². The Bertz CT molecular complexity index is 361. The molecule has 0 saturated heterocycles. The van der Waals surface area contributed by atoms with E-state index in [0.717, 1.165) is 10.9 Å². The molecule has 0 spiro atoms. The fraction of sp³-hybridized carbons (Fsp3) is 0.400. The summed E-state index contributed by atoms with van der Waals surface area (Å²) in [6, 6.07) is 4.42. The smallest absolute Gasteiger partial charge is 0.0109 e. The van der Waals surface area contributed by atoms with Crippen molar-refractivity contribution in [2.24, 2.45) is 0 Å². The van der Waals surface area contributed by atoms with Gasteiger partial charge in [0.1, 0.15) is 0 Å². The molecule has 0 radical (unpaired) electrons. The standard InChI is InChI=1S/C13H17P.C2H6/c1-8(2)12-6-9(3)10(4)7-13(12)11(5)14;1-2/h6-7,14H,1H2,2-5H3;1-2H3. The summed E-state index contributed by atoms with van der Waals surface area (Å²) >= 11 is 0. The average Bonchev–Trinajstić information content (AvgIpc) is 2.23. The lowest BCUT2D eigenvalue weighted by Crippen LogP contribution is -1.98. The number of allylic oxidation sites excluding steroid dienone is 1. The van der Waals surface area contributed by atoms with Gasteiger partial charge in [-0.3, -0.25) is 0 Å². The third kappa shape index (κ3) is 3.61. The lowest BCUT2D eigenvalue weighted by atomic mass is 9.94. The van der Waals surface area contributed by atoms with Crippen molar-refractivity contribution in [3.63, 3.8) is 0 Å². The van der Waals surface area contributed by atoms with Gasteiger partial charge in [0.25, 0.3) is 0 Å². The molecule has 0 aliphatic rings. The Kier molecular flexibility index (Phi) is 6.29. The Hall–Kier alpha value is -0.870. The zero-order valence-electron chi connectivity index (χ0n) is 11.4. The van der Waals surface area contributed by atoms with Crippen LogP contribution in [0.4, 0.5) is 0 Å². The van der Waals surface area contributed by atoms with Gasteiger partial charge in [-0.2, -0.15) is 0 Å². The molecular weight excluding hydrogens is 211 g/mol. The molecular formula is C15H23P. The van der Waals surface area contributed by atoms with Crippen LogP contribution < -0.4 is 0 Å². The molecule has 16 heavy (non-hydrogen) atoms. The molecule has 0 aliphatic heterocycles. The van der Waals surface area contributed by atoms with Crippen molar-refractivity contribution >= 4 is 19.7 Å². The fourth-order valence-electron chi connectivity index (χ4n) is 1.48. The summed E-state index contributed by atoms with van der Waals surface area (Å²) in [4.78, 5) is 0. The summed E-state index contributed by atoms with van der Waals surface area (Å²) in [6.45, 7) is 16.4. The highest BCUT2D eigenvalue weighted by Crippen LogP contribution is 2.22. The largest absolute Gasteiger partial charge is 0.118 e. The molecule has 1 aromatic carbocycles. The highest BCUT2D eigenvalue weighted by Gasteiger charge is 2.06. The molecule has 0 N–H and O–H groups in total. The van der Waals surface area contributed by atoms with Crippen LogP contribution >= 0.6 is 8.86 Å². The number of benzene rings is 1. The van der Waals surface area contributed by atoms with E-state index in [1.54, 1.807) is 0 Å². The van der Waals surface area contributed by atoms with E-state index in [4.69, 9.17) is 0 Å². The fourth-order valence-corrected chi connectivity index (χ4v) is 1.69. The first-order valence-electron chi connectivity index (χ1n) is 5.76. The van der Waals surface area contributed by atoms with E-state index >= 15 is 0 Å². The van der Waals surface area contributed by atoms with Gasteiger partial charge in [0.15, 0.2) is 0 Å². The van der Waals surface area contributed by atoms with Crippen LogP contribution in [0.15, 0.2) is 18.7 Å². The van der Waals surface area contributed by atoms with E-state index in [9.17, 15) is 0 Å². The predicted molar refractivity (Wildman–Crippen MR) is 80.1 cm³/mol. The van der Waals surface area contributed by atoms with Gasteiger partial charge in [-0.1, -0.05) is 38.1 Å². The van der Waals surface area contributed by atoms with Crippen molar-refractivity contribution in [1.82, 2.24) is 0 Å². The first-order chi connectivity index (χ1) is 7.43. The first-order valence-corrected chi connectivity index (χ1v) is 6.26. The minimum absolute atomic E-state index is 1.11. The van der Waals surface area contributed by atoms with Gasteiger partial charge in [0.2, 0.25) is 0 Å². The minimum atomic E-state index is 1.11. The van der Waals surface area contributed by atoms with Crippen LogP contribution in [-0.4, -0.2) is 5.29 Å². The van der Waals surface area contributed by atoms with E-state index in [-0.39, 0.29) is 0 Å². The minimum Gasteiger partial charge on any atom is -0.118 e. The second kappa shape index (κ2) is 6.66. The number of aryl methyl sites for hydroxylation is 2. The average molecular weight is 234 g/mol. The third-order valence-electron chi connectivity index (χ3n) is 2.50. The lowest BCUT2D eigenvalue weighted by molar-refractivity contribution is 1.32. The zero-order valence-corrected chi connectivity index (χ0v) is 12.4. The summed E-state index contributed by atoms with van der Waals surface area (Å²) in [5.41, 5.74) is 6.24. The van der Waals surface area contributed by atoms with Crippen molar-refractivity contribution in [1.29, 1.82) is 0 Å². The van der Waals surface area contributed by atoms with Gasteiger partial charge >= 0.3 is 0 Å². The lowest BCUT2D eigenvalue weighted by Gasteiger charge is -2.12. The molecule has 0 bridgehead atoms. The Morgan fingerprint density at radius 1 is 1.00 bits per heavy atom. The molecule has 0 aliphatic carbocycles. The van der Waals surface area contributed by atoms with Crippen LogP contribution in [0.1, 0.15) is 49.9 Å². The van der Waals surface area contributed by atoms with Crippen LogP contribution in [0.25, 0.3) is 5.57 Å². The molecule has 0 aromatic heterocycles. The van der Waals surface area contributed by atoms with E-state index in [1.165, 1.54) is 22.3 Å². The molecule has 1 aromatic rings. The maximum absolute atomic E-state index is 4.00. The molecule has 0 saturated carbocycles. The Labute approximate surface area is 103 Å². The third-order valence-corrected chi connectivity index (χ3v) is 2.77. The molecule has 0 atom stereocenters. The first kappa shape index (κ1) is 15.1. The van der Waals surface area contributed by atoms with E-state index in [1.807, 2.05) is 20.8 Å². The Morgan fingerprint density at radius 3 is 1.69 bits per heavy atom. The van der Waals surface area contributed by atoms with E-state index in [0.29, 0.717) is 0 Å². The van der Waals surface area contributed by atoms with Gasteiger partial charge in [0, 0.05) is 0 Å². The second-order valence-electron chi connectivity index (χ2n) is 3.89. The molecule has 0 amide bonds. The maximum atomic E-state index is 4.00. The summed E-state index contributed by atoms with van der Waals surface area (Å²) in [7, 11) is 3.59. The van der Waals surface area contributed by atoms with E-state index < -0.39 is 0 Å². The Morgan fingerprint density at radius 2 is 1.38 bits per heavy atom. The monoisotopic (exact) mass is 234 g/mol. The summed E-state index contributed by atoms with van der Waals surface area (Å²) < 4.78 is 0. The molecule has 1 rings (SSSR count). The molecule has 0 fully saturated rings. The highest BCUT2D eigenvalue weighted by atomic mass is 31.0. The van der Waals surface area contributed by atoms with Crippen molar-refractivity contribution in [3.05, 3.63) is 41.0 Å². The number of hydrogen-bond donors (Lipinski definition) is 0. The quantitative estimate of drug-likeness (QED) is 0.628. The Balaban J connectivity index is 0.00000106. The summed E-state index contributed by atoms with van der Waals surface area (Å²) in [5.74, 6) is 0. The molecule has 0 nitrogen and oxygen atoms in total. The number of rotatable bonds is 2. The van der Waals surface area contributed by atoms with Crippen molar-refractivity contribution in [2.75, 3.05) is 0 Å². The van der Waals surface area contributed by atoms with Gasteiger partial charge in [0.05, 0.1) is 0 Å². The number of hydrogen-bond acceptors (Lipinski definition) is 0. The van der Waals surface area contributed by atoms with E-state index in [2.05, 4.69) is 48.3 Å². The summed E-state index contributed by atoms with van der Waals surface area (Å²) in [5, 5.41) is 1.16. The normalized spacial score (nSPS) is 9.12.